The Labute approximate surface area is 198 Å². The van der Waals surface area contributed by atoms with Crippen LogP contribution in [-0.2, 0) is 10.2 Å². The second-order valence-electron chi connectivity index (χ2n) is 9.30. The highest BCUT2D eigenvalue weighted by Crippen LogP contribution is 2.50. The average Bonchev–Trinajstić information content (AvgIpc) is 3.31. The first kappa shape index (κ1) is 21.5. The second kappa shape index (κ2) is 7.59. The predicted octanol–water partition coefficient (Wildman–Crippen LogP) is 5.67. The Balaban J connectivity index is 1.57. The van der Waals surface area contributed by atoms with Gasteiger partial charge >= 0.3 is 0 Å². The van der Waals surface area contributed by atoms with Crippen molar-refractivity contribution >= 4 is 27.9 Å². The molecular weight excluding hydrogens is 430 g/mol. The van der Waals surface area contributed by atoms with Crippen LogP contribution in [0, 0.1) is 0 Å². The average molecular weight is 458 g/mol. The van der Waals surface area contributed by atoms with E-state index < -0.39 is 5.92 Å². The van der Waals surface area contributed by atoms with Crippen LogP contribution in [0.25, 0.3) is 11.3 Å². The minimum atomic E-state index is -0.671. The van der Waals surface area contributed by atoms with Crippen molar-refractivity contribution < 1.29 is 9.90 Å². The number of fused-ring (bicyclic) bond motifs is 1. The molecule has 2 aliphatic rings. The van der Waals surface area contributed by atoms with Crippen molar-refractivity contribution in [3.05, 3.63) is 88.1 Å². The molecule has 0 fully saturated rings. The fraction of sp³-hybridized carbons (Fsp3) is 0.259. The summed E-state index contributed by atoms with van der Waals surface area (Å²) in [5, 5.41) is 11.9. The zero-order valence-electron chi connectivity index (χ0n) is 19.5. The molecule has 3 aromatic rings. The van der Waals surface area contributed by atoms with Gasteiger partial charge in [0.1, 0.15) is 11.7 Å². The lowest BCUT2D eigenvalue weighted by atomic mass is 9.77. The minimum Gasteiger partial charge on any atom is -0.510 e. The number of thiazole rings is 1. The van der Waals surface area contributed by atoms with Gasteiger partial charge in [-0.1, -0.05) is 62.4 Å². The van der Waals surface area contributed by atoms with Gasteiger partial charge in [-0.15, -0.1) is 11.3 Å². The number of benzene rings is 2. The molecule has 33 heavy (non-hydrogen) atoms. The van der Waals surface area contributed by atoms with Crippen molar-refractivity contribution in [3.63, 3.8) is 0 Å². The van der Waals surface area contributed by atoms with Gasteiger partial charge < -0.3 is 14.9 Å². The van der Waals surface area contributed by atoms with Crippen LogP contribution in [0.15, 0.2) is 77.7 Å². The number of carbonyl (C=O) groups is 1. The van der Waals surface area contributed by atoms with Crippen LogP contribution in [0.5, 0.6) is 0 Å². The van der Waals surface area contributed by atoms with E-state index in [2.05, 4.69) is 30.9 Å². The molecule has 0 amide bonds. The zero-order valence-corrected chi connectivity index (χ0v) is 20.3. The molecule has 5 rings (SSSR count). The number of aliphatic hydroxyl groups is 1. The van der Waals surface area contributed by atoms with Crippen molar-refractivity contribution in [3.8, 4) is 11.3 Å². The van der Waals surface area contributed by atoms with E-state index in [4.69, 9.17) is 4.98 Å². The summed E-state index contributed by atoms with van der Waals surface area (Å²) in [6.45, 7) is 4.30. The van der Waals surface area contributed by atoms with Crippen molar-refractivity contribution in [1.82, 2.24) is 4.98 Å². The van der Waals surface area contributed by atoms with Gasteiger partial charge in [-0.05, 0) is 17.7 Å². The van der Waals surface area contributed by atoms with E-state index in [1.54, 1.807) is 0 Å². The van der Waals surface area contributed by atoms with E-state index >= 15 is 0 Å². The number of para-hydroxylation sites is 1. The summed E-state index contributed by atoms with van der Waals surface area (Å²) < 4.78 is 0. The van der Waals surface area contributed by atoms with Gasteiger partial charge in [-0.25, -0.2) is 4.98 Å². The fourth-order valence-electron chi connectivity index (χ4n) is 4.78. The maximum atomic E-state index is 13.4. The van der Waals surface area contributed by atoms with Crippen LogP contribution in [0.3, 0.4) is 0 Å². The topological polar surface area (TPSA) is 56.7 Å². The molecule has 2 heterocycles. The van der Waals surface area contributed by atoms with Gasteiger partial charge in [0.05, 0.1) is 16.1 Å². The van der Waals surface area contributed by atoms with Gasteiger partial charge in [0, 0.05) is 43.5 Å². The predicted molar refractivity (Wildman–Crippen MR) is 135 cm³/mol. The molecule has 1 N–H and O–H groups in total. The molecule has 0 saturated heterocycles. The Kier molecular flexibility index (Phi) is 4.94. The number of allylic oxidation sites excluding steroid dienone is 4. The van der Waals surface area contributed by atoms with Gasteiger partial charge in [-0.3, -0.25) is 4.79 Å². The van der Waals surface area contributed by atoms with E-state index in [1.165, 1.54) is 16.9 Å². The Hall–Kier alpha value is -3.38. The first-order chi connectivity index (χ1) is 15.7. The molecule has 0 spiro atoms. The smallest absolute Gasteiger partial charge is 0.185 e. The number of rotatable bonds is 4. The standard InChI is InChI=1S/C27H27N3O2S/c1-27(2)18-13-9-10-14-19(18)30(5)20(27)15-17-23(31)21(24(17)32)25-22(16-11-7-6-8-12-16)28-26(33-25)29(3)4/h6-15,21,31H,1-5H3/b20-15-. The second-order valence-corrected chi connectivity index (χ2v) is 10.3. The summed E-state index contributed by atoms with van der Waals surface area (Å²) >= 11 is 1.46. The summed E-state index contributed by atoms with van der Waals surface area (Å²) in [7, 11) is 5.88. The summed E-state index contributed by atoms with van der Waals surface area (Å²) in [6.07, 6.45) is 1.87. The maximum absolute atomic E-state index is 13.4. The molecule has 1 aromatic heterocycles. The number of ketones is 1. The highest BCUT2D eigenvalue weighted by Gasteiger charge is 2.45. The van der Waals surface area contributed by atoms with Crippen LogP contribution in [0.1, 0.15) is 30.2 Å². The number of hydrogen-bond acceptors (Lipinski definition) is 6. The largest absolute Gasteiger partial charge is 0.510 e. The van der Waals surface area contributed by atoms with Gasteiger partial charge in [-0.2, -0.15) is 0 Å². The minimum absolute atomic E-state index is 0.0636. The summed E-state index contributed by atoms with van der Waals surface area (Å²) in [5.74, 6) is -0.611. The molecule has 0 saturated carbocycles. The van der Waals surface area contributed by atoms with Crippen LogP contribution >= 0.6 is 11.3 Å². The Morgan fingerprint density at radius 2 is 1.76 bits per heavy atom. The molecule has 1 aliphatic carbocycles. The van der Waals surface area contributed by atoms with Gasteiger partial charge in [0.2, 0.25) is 0 Å². The zero-order chi connectivity index (χ0) is 23.5. The Morgan fingerprint density at radius 3 is 2.39 bits per heavy atom. The molecule has 1 unspecified atom stereocenters. The molecule has 1 aliphatic heterocycles. The summed E-state index contributed by atoms with van der Waals surface area (Å²) in [6, 6.07) is 18.1. The molecule has 168 valence electrons. The molecule has 6 heteroatoms. The molecule has 0 radical (unpaired) electrons. The Morgan fingerprint density at radius 1 is 1.09 bits per heavy atom. The third-order valence-corrected chi connectivity index (χ3v) is 7.92. The van der Waals surface area contributed by atoms with Crippen molar-refractivity contribution in [2.24, 2.45) is 0 Å². The van der Waals surface area contributed by atoms with Crippen molar-refractivity contribution in [2.75, 3.05) is 30.9 Å². The van der Waals surface area contributed by atoms with Crippen LogP contribution in [0.4, 0.5) is 10.8 Å². The fourth-order valence-corrected chi connectivity index (χ4v) is 5.89. The van der Waals surface area contributed by atoms with E-state index in [0.717, 1.165) is 32.7 Å². The van der Waals surface area contributed by atoms with Crippen LogP contribution < -0.4 is 9.80 Å². The van der Waals surface area contributed by atoms with E-state index in [9.17, 15) is 9.90 Å². The van der Waals surface area contributed by atoms with Gasteiger partial charge in [0.15, 0.2) is 10.9 Å². The number of anilines is 2. The quantitative estimate of drug-likeness (QED) is 0.547. The SMILES string of the molecule is CN(C)c1nc(-c2ccccc2)c(C2C(=O)C(/C=C3\N(C)c4ccccc4C3(C)C)=C2O)s1. The highest BCUT2D eigenvalue weighted by atomic mass is 32.1. The third kappa shape index (κ3) is 3.20. The van der Waals surface area contributed by atoms with E-state index in [1.807, 2.05) is 74.6 Å². The number of aromatic nitrogens is 1. The molecular formula is C27H27N3O2S. The number of hydrogen-bond donors (Lipinski definition) is 1. The van der Waals surface area contributed by atoms with Gasteiger partial charge in [0.25, 0.3) is 0 Å². The lowest BCUT2D eigenvalue weighted by molar-refractivity contribution is -0.118. The van der Waals surface area contributed by atoms with E-state index in [0.29, 0.717) is 5.57 Å². The number of carbonyl (C=O) groups excluding carboxylic acids is 1. The molecule has 0 bridgehead atoms. The molecule has 5 nitrogen and oxygen atoms in total. The highest BCUT2D eigenvalue weighted by molar-refractivity contribution is 7.16. The molecule has 2 aromatic carbocycles. The summed E-state index contributed by atoms with van der Waals surface area (Å²) in [4.78, 5) is 23.0. The normalized spacial score (nSPS) is 20.3. The van der Waals surface area contributed by atoms with Crippen molar-refractivity contribution in [1.29, 1.82) is 0 Å². The first-order valence-electron chi connectivity index (χ1n) is 11.0. The number of aliphatic hydroxyl groups excluding tert-OH is 1. The monoisotopic (exact) mass is 457 g/mol. The van der Waals surface area contributed by atoms with Crippen LogP contribution in [-0.4, -0.2) is 37.0 Å². The molecule has 1 atom stereocenters. The first-order valence-corrected chi connectivity index (χ1v) is 11.8. The summed E-state index contributed by atoms with van der Waals surface area (Å²) in [5.41, 5.74) is 5.17. The number of Topliss-reactive ketones (excluding diaryl/α,β-unsaturated/α-hetero) is 1. The lowest BCUT2D eigenvalue weighted by Crippen LogP contribution is -2.31. The number of nitrogens with zero attached hydrogens (tertiary/aromatic N) is 3. The Bertz CT molecular complexity index is 1320. The van der Waals surface area contributed by atoms with Crippen molar-refractivity contribution in [2.45, 2.75) is 25.2 Å². The van der Waals surface area contributed by atoms with Crippen LogP contribution in [0.2, 0.25) is 0 Å². The third-order valence-electron chi connectivity index (χ3n) is 6.63. The maximum Gasteiger partial charge on any atom is 0.185 e. The van der Waals surface area contributed by atoms with E-state index in [-0.39, 0.29) is 17.0 Å². The number of likely N-dealkylation sites (N-methyl/N-ethyl adjacent to an activating group) is 1. The lowest BCUT2D eigenvalue weighted by Gasteiger charge is -2.29.